The number of fused-ring (bicyclic) bond motifs is 5. The molecule has 0 spiro atoms. The Morgan fingerprint density at radius 3 is 1.64 bits per heavy atom. The Bertz CT molecular complexity index is 649. The lowest BCUT2D eigenvalue weighted by molar-refractivity contribution is 0.257. The highest BCUT2D eigenvalue weighted by Crippen LogP contribution is 2.38. The minimum atomic E-state index is 0.575. The quantitative estimate of drug-likeness (QED) is 0.794. The van der Waals surface area contributed by atoms with Crippen LogP contribution in [0.3, 0.4) is 0 Å². The highest BCUT2D eigenvalue weighted by atomic mass is 16.5. The van der Waals surface area contributed by atoms with Crippen molar-refractivity contribution >= 4 is 10.8 Å². The van der Waals surface area contributed by atoms with E-state index in [-0.39, 0.29) is 0 Å². The van der Waals surface area contributed by atoms with Crippen molar-refractivity contribution in [1.82, 2.24) is 10.6 Å². The molecule has 114 valence electrons. The zero-order valence-corrected chi connectivity index (χ0v) is 12.5. The van der Waals surface area contributed by atoms with Gasteiger partial charge in [-0.1, -0.05) is 49.6 Å². The highest BCUT2D eigenvalue weighted by molar-refractivity contribution is 5.95. The summed E-state index contributed by atoms with van der Waals surface area (Å²) in [5.74, 6) is 1.99. The van der Waals surface area contributed by atoms with Gasteiger partial charge in [0.05, 0.1) is 0 Å². The molecule has 0 unspecified atom stereocenters. The molecular weight excluding hydrogens is 276 g/mol. The van der Waals surface area contributed by atoms with Crippen LogP contribution in [0.2, 0.25) is 0 Å². The van der Waals surface area contributed by atoms with Gasteiger partial charge in [-0.3, -0.25) is 10.6 Å². The lowest BCUT2D eigenvalue weighted by Crippen LogP contribution is -2.26. The van der Waals surface area contributed by atoms with Crippen molar-refractivity contribution in [2.75, 3.05) is 13.5 Å². The average molecular weight is 296 g/mol. The summed E-state index contributed by atoms with van der Waals surface area (Å²) in [5, 5.41) is 8.70. The molecule has 2 aromatic carbocycles. The van der Waals surface area contributed by atoms with Crippen molar-refractivity contribution in [2.24, 2.45) is 0 Å². The summed E-state index contributed by atoms with van der Waals surface area (Å²) in [6.07, 6.45) is 3.28. The van der Waals surface area contributed by atoms with Gasteiger partial charge in [0.25, 0.3) is 0 Å². The van der Waals surface area contributed by atoms with Crippen molar-refractivity contribution in [2.45, 2.75) is 13.1 Å². The van der Waals surface area contributed by atoms with Crippen molar-refractivity contribution in [1.29, 1.82) is 0 Å². The minimum Gasteiger partial charge on any atom is -0.477 e. The van der Waals surface area contributed by atoms with E-state index in [0.717, 1.165) is 35.4 Å². The van der Waals surface area contributed by atoms with Crippen LogP contribution in [0.5, 0.6) is 11.5 Å². The molecule has 22 heavy (non-hydrogen) atoms. The van der Waals surface area contributed by atoms with Crippen molar-refractivity contribution < 1.29 is 9.47 Å². The van der Waals surface area contributed by atoms with Gasteiger partial charge in [-0.15, -0.1) is 0 Å². The standard InChI is InChI=1S/C14H14N2O2.C4H6/c1-3-11-12(13-9(1)5-15-7-17-13)4-2-10-6-16-8-18-14(10)11;1-3-4-2/h1-4,15-16H,5-8H2;3-4H,1-2H2. The second kappa shape index (κ2) is 6.64. The van der Waals surface area contributed by atoms with Crippen LogP contribution in [0.15, 0.2) is 49.6 Å². The Hall–Kier alpha value is -2.30. The number of hydrogen-bond acceptors (Lipinski definition) is 4. The van der Waals surface area contributed by atoms with Crippen molar-refractivity contribution in [3.8, 4) is 11.5 Å². The topological polar surface area (TPSA) is 42.5 Å². The van der Waals surface area contributed by atoms with Gasteiger partial charge < -0.3 is 9.47 Å². The SMILES string of the molecule is C=CC=C.c1cc2c3c(ccc2c2c1CNCO2)CNCO3. The Balaban J connectivity index is 0.000000325. The molecule has 0 aromatic heterocycles. The first kappa shape index (κ1) is 14.6. The van der Waals surface area contributed by atoms with Gasteiger partial charge in [0.15, 0.2) is 0 Å². The minimum absolute atomic E-state index is 0.575. The maximum Gasteiger partial charge on any atom is 0.139 e. The number of allylic oxidation sites excluding steroid dienone is 2. The number of hydrogen-bond donors (Lipinski definition) is 2. The highest BCUT2D eigenvalue weighted by Gasteiger charge is 2.18. The molecule has 4 rings (SSSR count). The molecule has 0 atom stereocenters. The van der Waals surface area contributed by atoms with E-state index in [1.165, 1.54) is 11.1 Å². The molecule has 0 bridgehead atoms. The monoisotopic (exact) mass is 296 g/mol. The summed E-state index contributed by atoms with van der Waals surface area (Å²) in [6.45, 7) is 9.60. The number of rotatable bonds is 1. The maximum absolute atomic E-state index is 5.75. The van der Waals surface area contributed by atoms with E-state index < -0.39 is 0 Å². The third-order valence-electron chi connectivity index (χ3n) is 3.70. The average Bonchev–Trinajstić information content (AvgIpc) is 2.61. The summed E-state index contributed by atoms with van der Waals surface area (Å²) in [7, 11) is 0. The second-order valence-corrected chi connectivity index (χ2v) is 5.11. The van der Waals surface area contributed by atoms with E-state index in [1.54, 1.807) is 12.2 Å². The third kappa shape index (κ3) is 2.71. The van der Waals surface area contributed by atoms with Gasteiger partial charge in [0.1, 0.15) is 25.0 Å². The van der Waals surface area contributed by atoms with Gasteiger partial charge >= 0.3 is 0 Å². The van der Waals surface area contributed by atoms with E-state index in [9.17, 15) is 0 Å². The normalized spacial score (nSPS) is 15.3. The van der Waals surface area contributed by atoms with E-state index in [1.807, 2.05) is 0 Å². The Morgan fingerprint density at radius 2 is 1.23 bits per heavy atom. The van der Waals surface area contributed by atoms with Crippen LogP contribution in [0.4, 0.5) is 0 Å². The van der Waals surface area contributed by atoms with E-state index in [4.69, 9.17) is 9.47 Å². The van der Waals surface area contributed by atoms with Gasteiger partial charge in [-0.25, -0.2) is 0 Å². The molecule has 0 fully saturated rings. The zero-order valence-electron chi connectivity index (χ0n) is 12.5. The van der Waals surface area contributed by atoms with Crippen molar-refractivity contribution in [3.05, 3.63) is 60.7 Å². The molecule has 2 heterocycles. The second-order valence-electron chi connectivity index (χ2n) is 5.11. The molecule has 0 saturated heterocycles. The first-order valence-electron chi connectivity index (χ1n) is 7.33. The van der Waals surface area contributed by atoms with Gasteiger partial charge in [-0.05, 0) is 0 Å². The number of benzene rings is 2. The lowest BCUT2D eigenvalue weighted by atomic mass is 10.0. The first-order chi connectivity index (χ1) is 10.8. The third-order valence-corrected chi connectivity index (χ3v) is 3.70. The smallest absolute Gasteiger partial charge is 0.139 e. The molecule has 0 aliphatic carbocycles. The van der Waals surface area contributed by atoms with E-state index in [0.29, 0.717) is 13.5 Å². The maximum atomic E-state index is 5.75. The molecular formula is C18H20N2O2. The predicted octanol–water partition coefficient (Wildman–Crippen LogP) is 3.08. The van der Waals surface area contributed by atoms with Crippen LogP contribution < -0.4 is 20.1 Å². The molecule has 2 aliphatic heterocycles. The van der Waals surface area contributed by atoms with E-state index in [2.05, 4.69) is 48.1 Å². The molecule has 4 heteroatoms. The summed E-state index contributed by atoms with van der Waals surface area (Å²) < 4.78 is 11.5. The van der Waals surface area contributed by atoms with Crippen molar-refractivity contribution in [3.63, 3.8) is 0 Å². The van der Waals surface area contributed by atoms with Gasteiger partial charge in [0.2, 0.25) is 0 Å². The predicted molar refractivity (Wildman–Crippen MR) is 89.0 cm³/mol. The fourth-order valence-electron chi connectivity index (χ4n) is 2.68. The van der Waals surface area contributed by atoms with Crippen LogP contribution in [0.25, 0.3) is 10.8 Å². The molecule has 2 aromatic rings. The molecule has 0 amide bonds. The summed E-state index contributed by atoms with van der Waals surface area (Å²) in [6, 6.07) is 8.51. The fourth-order valence-corrected chi connectivity index (χ4v) is 2.68. The Labute approximate surface area is 130 Å². The molecule has 2 aliphatic rings. The first-order valence-corrected chi connectivity index (χ1v) is 7.33. The zero-order chi connectivity index (χ0) is 15.4. The lowest BCUT2D eigenvalue weighted by Gasteiger charge is -2.24. The summed E-state index contributed by atoms with van der Waals surface area (Å²) in [4.78, 5) is 0. The molecule has 2 N–H and O–H groups in total. The molecule has 0 saturated carbocycles. The summed E-state index contributed by atoms with van der Waals surface area (Å²) >= 11 is 0. The van der Waals surface area contributed by atoms with E-state index >= 15 is 0 Å². The molecule has 4 nitrogen and oxygen atoms in total. The summed E-state index contributed by atoms with van der Waals surface area (Å²) in [5.41, 5.74) is 2.42. The van der Waals surface area contributed by atoms with Crippen LogP contribution >= 0.6 is 0 Å². The number of nitrogens with one attached hydrogen (secondary N) is 2. The van der Waals surface area contributed by atoms with Crippen LogP contribution in [0.1, 0.15) is 11.1 Å². The number of ether oxygens (including phenoxy) is 2. The van der Waals surface area contributed by atoms with Crippen LogP contribution in [-0.2, 0) is 13.1 Å². The molecule has 0 radical (unpaired) electrons. The van der Waals surface area contributed by atoms with Crippen LogP contribution in [0, 0.1) is 0 Å². The Kier molecular flexibility index (Phi) is 4.42. The van der Waals surface area contributed by atoms with Gasteiger partial charge in [0, 0.05) is 35.0 Å². The van der Waals surface area contributed by atoms with Gasteiger partial charge in [-0.2, -0.15) is 0 Å². The van der Waals surface area contributed by atoms with Crippen LogP contribution in [-0.4, -0.2) is 13.5 Å². The fraction of sp³-hybridized carbons (Fsp3) is 0.222. The largest absolute Gasteiger partial charge is 0.477 e. The Morgan fingerprint density at radius 1 is 0.773 bits per heavy atom.